The van der Waals surface area contributed by atoms with Gasteiger partial charge in [0.1, 0.15) is 5.75 Å². The highest BCUT2D eigenvalue weighted by Crippen LogP contribution is 2.29. The van der Waals surface area contributed by atoms with Crippen LogP contribution in [0, 0.1) is 5.82 Å². The Kier molecular flexibility index (Phi) is 7.38. The predicted molar refractivity (Wildman–Crippen MR) is 110 cm³/mol. The van der Waals surface area contributed by atoms with Gasteiger partial charge < -0.3 is 9.47 Å². The molecule has 0 aliphatic carbocycles. The minimum Gasteiger partial charge on any atom is -0.490 e. The first-order chi connectivity index (χ1) is 14.6. The van der Waals surface area contributed by atoms with E-state index >= 15 is 0 Å². The third-order valence-corrected chi connectivity index (χ3v) is 4.10. The van der Waals surface area contributed by atoms with Gasteiger partial charge >= 0.3 is 0 Å². The van der Waals surface area contributed by atoms with Crippen molar-refractivity contribution < 1.29 is 23.5 Å². The van der Waals surface area contributed by atoms with Crippen LogP contribution in [0.3, 0.4) is 0 Å². The number of ether oxygens (including phenoxy) is 2. The summed E-state index contributed by atoms with van der Waals surface area (Å²) in [6.45, 7) is -0.292. The molecule has 2 N–H and O–H groups in total. The van der Waals surface area contributed by atoms with E-state index in [0.29, 0.717) is 5.75 Å². The van der Waals surface area contributed by atoms with Crippen LogP contribution >= 0.6 is 0 Å². The fourth-order valence-electron chi connectivity index (χ4n) is 2.65. The van der Waals surface area contributed by atoms with Gasteiger partial charge in [-0.2, -0.15) is 0 Å². The number of hydrazine groups is 1. The van der Waals surface area contributed by atoms with Crippen LogP contribution in [0.25, 0.3) is 11.1 Å². The molecule has 2 amide bonds. The van der Waals surface area contributed by atoms with Crippen molar-refractivity contribution in [2.75, 3.05) is 13.2 Å². The molecule has 154 valence electrons. The fourth-order valence-corrected chi connectivity index (χ4v) is 2.65. The average molecular weight is 408 g/mol. The van der Waals surface area contributed by atoms with Crippen molar-refractivity contribution in [1.29, 1.82) is 0 Å². The normalized spacial score (nSPS) is 10.2. The lowest BCUT2D eigenvalue weighted by Gasteiger charge is -2.12. The molecule has 0 spiro atoms. The maximum atomic E-state index is 13.4. The highest BCUT2D eigenvalue weighted by atomic mass is 19.1. The number of para-hydroxylation sites is 2. The van der Waals surface area contributed by atoms with Crippen molar-refractivity contribution in [3.8, 4) is 22.6 Å². The summed E-state index contributed by atoms with van der Waals surface area (Å²) in [4.78, 5) is 23.8. The van der Waals surface area contributed by atoms with Crippen molar-refractivity contribution in [1.82, 2.24) is 10.9 Å². The maximum Gasteiger partial charge on any atom is 0.276 e. The molecular formula is C23H21FN2O4. The van der Waals surface area contributed by atoms with Crippen LogP contribution < -0.4 is 20.3 Å². The Bertz CT molecular complexity index is 995. The van der Waals surface area contributed by atoms with Crippen LogP contribution in [0.15, 0.2) is 78.9 Å². The monoisotopic (exact) mass is 408 g/mol. The van der Waals surface area contributed by atoms with E-state index in [1.807, 2.05) is 48.5 Å². The minimum atomic E-state index is -0.513. The van der Waals surface area contributed by atoms with E-state index in [1.54, 1.807) is 18.2 Å². The number of nitrogens with one attached hydrogen (secondary N) is 2. The van der Waals surface area contributed by atoms with Gasteiger partial charge in [-0.25, -0.2) is 4.39 Å². The average Bonchev–Trinajstić information content (AvgIpc) is 2.78. The van der Waals surface area contributed by atoms with Crippen LogP contribution in [0.5, 0.6) is 11.5 Å². The van der Waals surface area contributed by atoms with Crippen molar-refractivity contribution >= 4 is 11.8 Å². The molecule has 0 unspecified atom stereocenters. The zero-order valence-corrected chi connectivity index (χ0v) is 16.1. The molecular weight excluding hydrogens is 387 g/mol. The molecule has 6 nitrogen and oxygen atoms in total. The molecule has 3 rings (SSSR count). The lowest BCUT2D eigenvalue weighted by Crippen LogP contribution is -2.44. The first-order valence-electron chi connectivity index (χ1n) is 9.36. The van der Waals surface area contributed by atoms with Crippen molar-refractivity contribution in [2.24, 2.45) is 0 Å². The number of carbonyl (C=O) groups is 2. The molecule has 0 radical (unpaired) electrons. The van der Waals surface area contributed by atoms with E-state index in [4.69, 9.17) is 9.47 Å². The van der Waals surface area contributed by atoms with Gasteiger partial charge in [-0.05, 0) is 23.8 Å². The molecule has 3 aromatic rings. The van der Waals surface area contributed by atoms with E-state index in [0.717, 1.165) is 11.1 Å². The van der Waals surface area contributed by atoms with Gasteiger partial charge in [-0.3, -0.25) is 20.4 Å². The largest absolute Gasteiger partial charge is 0.490 e. The topological polar surface area (TPSA) is 76.7 Å². The molecule has 0 aliphatic rings. The van der Waals surface area contributed by atoms with Crippen molar-refractivity contribution in [3.05, 3.63) is 84.7 Å². The zero-order chi connectivity index (χ0) is 21.2. The molecule has 0 bridgehead atoms. The van der Waals surface area contributed by atoms with E-state index in [2.05, 4.69) is 10.9 Å². The highest BCUT2D eigenvalue weighted by molar-refractivity contribution is 5.83. The molecule has 7 heteroatoms. The Hall–Kier alpha value is -3.87. The van der Waals surface area contributed by atoms with Crippen molar-refractivity contribution in [3.63, 3.8) is 0 Å². The molecule has 0 aromatic heterocycles. The summed E-state index contributed by atoms with van der Waals surface area (Å²) in [6, 6.07) is 23.0. The van der Waals surface area contributed by atoms with Gasteiger partial charge in [0, 0.05) is 5.56 Å². The van der Waals surface area contributed by atoms with Gasteiger partial charge in [0.25, 0.3) is 5.91 Å². The highest BCUT2D eigenvalue weighted by Gasteiger charge is 2.10. The lowest BCUT2D eigenvalue weighted by molar-refractivity contribution is -0.130. The maximum absolute atomic E-state index is 13.4. The Morgan fingerprint density at radius 1 is 0.733 bits per heavy atom. The fraction of sp³-hybridized carbons (Fsp3) is 0.130. The smallest absolute Gasteiger partial charge is 0.276 e. The Labute approximate surface area is 173 Å². The molecule has 0 saturated carbocycles. The van der Waals surface area contributed by atoms with Crippen LogP contribution in [0.1, 0.15) is 6.42 Å². The molecule has 0 aliphatic heterocycles. The summed E-state index contributed by atoms with van der Waals surface area (Å²) in [7, 11) is 0. The van der Waals surface area contributed by atoms with Crippen molar-refractivity contribution in [2.45, 2.75) is 6.42 Å². The standard InChI is InChI=1S/C23H21FN2O4/c24-19-11-5-7-13-21(19)29-15-14-22(27)25-26-23(28)16-30-20-12-6-4-10-18(20)17-8-2-1-3-9-17/h1-13H,14-16H2,(H,25,27)(H,26,28). The second-order valence-electron chi connectivity index (χ2n) is 6.28. The quantitative estimate of drug-likeness (QED) is 0.560. The van der Waals surface area contributed by atoms with Crippen LogP contribution in [0.2, 0.25) is 0 Å². The molecule has 0 fully saturated rings. The lowest BCUT2D eigenvalue weighted by atomic mass is 10.1. The summed E-state index contributed by atoms with van der Waals surface area (Å²) >= 11 is 0. The molecule has 3 aromatic carbocycles. The molecule has 0 atom stereocenters. The SMILES string of the molecule is O=C(CCOc1ccccc1F)NNC(=O)COc1ccccc1-c1ccccc1. The molecule has 30 heavy (non-hydrogen) atoms. The van der Waals surface area contributed by atoms with E-state index in [1.165, 1.54) is 12.1 Å². The Balaban J connectivity index is 1.41. The van der Waals surface area contributed by atoms with E-state index < -0.39 is 17.6 Å². The predicted octanol–water partition coefficient (Wildman–Crippen LogP) is 3.49. The van der Waals surface area contributed by atoms with Gasteiger partial charge in [0.2, 0.25) is 5.91 Å². The van der Waals surface area contributed by atoms with Crippen LogP contribution in [-0.4, -0.2) is 25.0 Å². The number of benzene rings is 3. The number of carbonyl (C=O) groups excluding carboxylic acids is 2. The minimum absolute atomic E-state index is 0.0242. The second kappa shape index (κ2) is 10.6. The summed E-state index contributed by atoms with van der Waals surface area (Å²) in [5.41, 5.74) is 6.38. The summed E-state index contributed by atoms with van der Waals surface area (Å²) < 4.78 is 24.2. The number of hydrogen-bond acceptors (Lipinski definition) is 4. The summed E-state index contributed by atoms with van der Waals surface area (Å²) in [6.07, 6.45) is -0.0493. The summed E-state index contributed by atoms with van der Waals surface area (Å²) in [5, 5.41) is 0. The van der Waals surface area contributed by atoms with Gasteiger partial charge in [-0.15, -0.1) is 0 Å². The Morgan fingerprint density at radius 3 is 2.13 bits per heavy atom. The van der Waals surface area contributed by atoms with Crippen LogP contribution in [-0.2, 0) is 9.59 Å². The van der Waals surface area contributed by atoms with Crippen LogP contribution in [0.4, 0.5) is 4.39 Å². The van der Waals surface area contributed by atoms with E-state index in [9.17, 15) is 14.0 Å². The zero-order valence-electron chi connectivity index (χ0n) is 16.1. The van der Waals surface area contributed by atoms with Gasteiger partial charge in [-0.1, -0.05) is 60.7 Å². The van der Waals surface area contributed by atoms with Gasteiger partial charge in [0.15, 0.2) is 18.2 Å². The number of rotatable bonds is 8. The molecule has 0 saturated heterocycles. The second-order valence-corrected chi connectivity index (χ2v) is 6.28. The first kappa shape index (κ1) is 20.9. The number of hydrogen-bond donors (Lipinski definition) is 2. The van der Waals surface area contributed by atoms with Gasteiger partial charge in [0.05, 0.1) is 13.0 Å². The third kappa shape index (κ3) is 6.07. The Morgan fingerprint density at radius 2 is 1.37 bits per heavy atom. The number of halogens is 1. The molecule has 0 heterocycles. The first-order valence-corrected chi connectivity index (χ1v) is 9.36. The number of amides is 2. The van der Waals surface area contributed by atoms with E-state index in [-0.39, 0.29) is 25.4 Å². The summed E-state index contributed by atoms with van der Waals surface area (Å²) in [5.74, 6) is -0.854. The third-order valence-electron chi connectivity index (χ3n) is 4.10.